The zero-order valence-corrected chi connectivity index (χ0v) is 14.5. The molecule has 2 N–H and O–H groups in total. The zero-order valence-electron chi connectivity index (χ0n) is 14.5. The molecule has 3 aromatic rings. The third-order valence-electron chi connectivity index (χ3n) is 5.09. The van der Waals surface area contributed by atoms with E-state index in [4.69, 9.17) is 5.11 Å². The van der Waals surface area contributed by atoms with Crippen LogP contribution in [-0.4, -0.2) is 38.1 Å². The minimum atomic E-state index is -0.918. The van der Waals surface area contributed by atoms with Gasteiger partial charge in [-0.15, -0.1) is 0 Å². The Hall–Kier alpha value is -2.44. The van der Waals surface area contributed by atoms with Gasteiger partial charge in [0.25, 0.3) is 0 Å². The van der Waals surface area contributed by atoms with Crippen molar-refractivity contribution in [2.45, 2.75) is 33.0 Å². The van der Waals surface area contributed by atoms with E-state index in [1.807, 2.05) is 16.9 Å². The average molecular weight is 338 g/mol. The van der Waals surface area contributed by atoms with E-state index in [2.05, 4.69) is 47.0 Å². The van der Waals surface area contributed by atoms with Crippen LogP contribution in [-0.2, 0) is 13.1 Å². The first-order valence-corrected chi connectivity index (χ1v) is 8.54. The number of rotatable bonds is 3. The molecule has 0 saturated heterocycles. The van der Waals surface area contributed by atoms with Crippen molar-refractivity contribution in [3.8, 4) is 0 Å². The SMILES string of the molecule is Cc1ccc2c(N3CCn4nc(C(O)CO)cc4C3)ccnc2c1C. The highest BCUT2D eigenvalue weighted by Gasteiger charge is 2.22. The number of aryl methyl sites for hydroxylation is 2. The van der Waals surface area contributed by atoms with E-state index >= 15 is 0 Å². The van der Waals surface area contributed by atoms with Gasteiger partial charge in [-0.05, 0) is 37.1 Å². The van der Waals surface area contributed by atoms with Crippen molar-refractivity contribution in [3.63, 3.8) is 0 Å². The molecule has 4 rings (SSSR count). The number of hydrogen-bond acceptors (Lipinski definition) is 5. The van der Waals surface area contributed by atoms with E-state index in [0.717, 1.165) is 36.2 Å². The van der Waals surface area contributed by atoms with Crippen molar-refractivity contribution in [1.29, 1.82) is 0 Å². The predicted octanol–water partition coefficient (Wildman–Crippen LogP) is 2.09. The Balaban J connectivity index is 1.71. The van der Waals surface area contributed by atoms with Gasteiger partial charge in [-0.1, -0.05) is 12.1 Å². The molecule has 130 valence electrons. The van der Waals surface area contributed by atoms with Gasteiger partial charge in [-0.3, -0.25) is 9.67 Å². The summed E-state index contributed by atoms with van der Waals surface area (Å²) in [5.41, 5.74) is 6.26. The van der Waals surface area contributed by atoms with Crippen LogP contribution in [0.5, 0.6) is 0 Å². The molecule has 3 heterocycles. The molecule has 0 aliphatic carbocycles. The molecule has 1 unspecified atom stereocenters. The third-order valence-corrected chi connectivity index (χ3v) is 5.09. The van der Waals surface area contributed by atoms with Gasteiger partial charge in [0.2, 0.25) is 0 Å². The summed E-state index contributed by atoms with van der Waals surface area (Å²) in [4.78, 5) is 6.90. The number of benzene rings is 1. The lowest BCUT2D eigenvalue weighted by Gasteiger charge is -2.30. The Bertz CT molecular complexity index is 935. The Morgan fingerprint density at radius 3 is 2.84 bits per heavy atom. The second-order valence-corrected chi connectivity index (χ2v) is 6.64. The first-order valence-electron chi connectivity index (χ1n) is 8.54. The van der Waals surface area contributed by atoms with Crippen LogP contribution in [0.3, 0.4) is 0 Å². The summed E-state index contributed by atoms with van der Waals surface area (Å²) in [6, 6.07) is 8.23. The van der Waals surface area contributed by atoms with Gasteiger partial charge in [0.15, 0.2) is 0 Å². The molecular weight excluding hydrogens is 316 g/mol. The molecule has 0 bridgehead atoms. The van der Waals surface area contributed by atoms with Crippen molar-refractivity contribution >= 4 is 16.6 Å². The highest BCUT2D eigenvalue weighted by atomic mass is 16.3. The topological polar surface area (TPSA) is 74.4 Å². The van der Waals surface area contributed by atoms with Gasteiger partial charge in [-0.2, -0.15) is 5.10 Å². The van der Waals surface area contributed by atoms with Crippen LogP contribution in [0.25, 0.3) is 10.9 Å². The number of aliphatic hydroxyl groups is 2. The van der Waals surface area contributed by atoms with E-state index in [1.54, 1.807) is 0 Å². The molecule has 2 aromatic heterocycles. The van der Waals surface area contributed by atoms with Crippen LogP contribution in [0.15, 0.2) is 30.5 Å². The molecule has 25 heavy (non-hydrogen) atoms. The van der Waals surface area contributed by atoms with Crippen LogP contribution < -0.4 is 4.90 Å². The molecule has 0 amide bonds. The fraction of sp³-hybridized carbons (Fsp3) is 0.368. The maximum Gasteiger partial charge on any atom is 0.121 e. The van der Waals surface area contributed by atoms with E-state index in [1.165, 1.54) is 16.8 Å². The van der Waals surface area contributed by atoms with Crippen molar-refractivity contribution in [2.24, 2.45) is 0 Å². The molecular formula is C19H22N4O2. The van der Waals surface area contributed by atoms with Gasteiger partial charge in [0.05, 0.1) is 36.6 Å². The second-order valence-electron chi connectivity index (χ2n) is 6.64. The molecule has 1 aliphatic rings. The van der Waals surface area contributed by atoms with Gasteiger partial charge >= 0.3 is 0 Å². The monoisotopic (exact) mass is 338 g/mol. The Labute approximate surface area is 146 Å². The summed E-state index contributed by atoms with van der Waals surface area (Å²) in [6.45, 7) is 6.22. The van der Waals surface area contributed by atoms with Gasteiger partial charge in [0, 0.05) is 23.8 Å². The first kappa shape index (κ1) is 16.1. The summed E-state index contributed by atoms with van der Waals surface area (Å²) in [5.74, 6) is 0. The number of aromatic nitrogens is 3. The van der Waals surface area contributed by atoms with Gasteiger partial charge in [-0.25, -0.2) is 0 Å². The summed E-state index contributed by atoms with van der Waals surface area (Å²) in [5, 5.41) is 24.5. The van der Waals surface area contributed by atoms with Crippen molar-refractivity contribution in [1.82, 2.24) is 14.8 Å². The van der Waals surface area contributed by atoms with Crippen molar-refractivity contribution < 1.29 is 10.2 Å². The molecule has 0 spiro atoms. The Morgan fingerprint density at radius 2 is 2.04 bits per heavy atom. The number of nitrogens with zero attached hydrogens (tertiary/aromatic N) is 4. The third kappa shape index (κ3) is 2.67. The van der Waals surface area contributed by atoms with Gasteiger partial charge in [0.1, 0.15) is 6.10 Å². The number of pyridine rings is 1. The highest BCUT2D eigenvalue weighted by Crippen LogP contribution is 2.31. The first-order chi connectivity index (χ1) is 12.1. The fourth-order valence-corrected chi connectivity index (χ4v) is 3.47. The Morgan fingerprint density at radius 1 is 1.20 bits per heavy atom. The molecule has 1 aliphatic heterocycles. The molecule has 6 nitrogen and oxygen atoms in total. The number of anilines is 1. The lowest BCUT2D eigenvalue weighted by atomic mass is 10.0. The van der Waals surface area contributed by atoms with Gasteiger partial charge < -0.3 is 15.1 Å². The van der Waals surface area contributed by atoms with Crippen LogP contribution in [0, 0.1) is 13.8 Å². The zero-order chi connectivity index (χ0) is 17.6. The second kappa shape index (κ2) is 6.13. The Kier molecular flexibility index (Phi) is 3.94. The van der Waals surface area contributed by atoms with E-state index in [-0.39, 0.29) is 6.61 Å². The van der Waals surface area contributed by atoms with Crippen molar-refractivity contribution in [3.05, 3.63) is 53.0 Å². The molecule has 6 heteroatoms. The van der Waals surface area contributed by atoms with E-state index < -0.39 is 6.10 Å². The summed E-state index contributed by atoms with van der Waals surface area (Å²) in [7, 11) is 0. The summed E-state index contributed by atoms with van der Waals surface area (Å²) in [6.07, 6.45) is 0.954. The standard InChI is InChI=1S/C19H22N4O2/c1-12-3-4-15-17(5-6-20-19(15)13(12)2)22-7-8-23-14(10-22)9-16(21-23)18(25)11-24/h3-6,9,18,24-25H,7-8,10-11H2,1-2H3. The maximum atomic E-state index is 9.81. The molecule has 0 radical (unpaired) electrons. The van der Waals surface area contributed by atoms with Crippen LogP contribution in [0.4, 0.5) is 5.69 Å². The lowest BCUT2D eigenvalue weighted by molar-refractivity contribution is 0.0916. The minimum absolute atomic E-state index is 0.312. The highest BCUT2D eigenvalue weighted by molar-refractivity contribution is 5.94. The fourth-order valence-electron chi connectivity index (χ4n) is 3.47. The summed E-state index contributed by atoms with van der Waals surface area (Å²) >= 11 is 0. The minimum Gasteiger partial charge on any atom is -0.393 e. The lowest BCUT2D eigenvalue weighted by Crippen LogP contribution is -2.33. The van der Waals surface area contributed by atoms with Crippen molar-refractivity contribution in [2.75, 3.05) is 18.1 Å². The molecule has 1 atom stereocenters. The molecule has 1 aromatic carbocycles. The largest absolute Gasteiger partial charge is 0.393 e. The molecule has 0 saturated carbocycles. The smallest absolute Gasteiger partial charge is 0.121 e. The van der Waals surface area contributed by atoms with Crippen LogP contribution in [0.2, 0.25) is 0 Å². The quantitative estimate of drug-likeness (QED) is 0.765. The predicted molar refractivity (Wildman–Crippen MR) is 96.5 cm³/mol. The average Bonchev–Trinajstić information content (AvgIpc) is 3.07. The van der Waals surface area contributed by atoms with Crippen LogP contribution >= 0.6 is 0 Å². The maximum absolute atomic E-state index is 9.81. The normalized spacial score (nSPS) is 15.4. The number of fused-ring (bicyclic) bond motifs is 2. The van der Waals surface area contributed by atoms with E-state index in [0.29, 0.717) is 5.69 Å². The number of hydrogen-bond donors (Lipinski definition) is 2. The van der Waals surface area contributed by atoms with E-state index in [9.17, 15) is 5.11 Å². The molecule has 0 fully saturated rings. The van der Waals surface area contributed by atoms with Crippen LogP contribution in [0.1, 0.15) is 28.6 Å². The summed E-state index contributed by atoms with van der Waals surface area (Å²) < 4.78 is 1.92. The number of aliphatic hydroxyl groups excluding tert-OH is 2.